The number of methoxy groups -OCH3 is 1. The number of fused-ring (bicyclic) bond motifs is 1. The van der Waals surface area contributed by atoms with E-state index in [9.17, 15) is 27.6 Å². The second-order valence-electron chi connectivity index (χ2n) is 15.1. The zero-order valence-corrected chi connectivity index (χ0v) is 34.0. The summed E-state index contributed by atoms with van der Waals surface area (Å²) in [5.74, 6) is -1.59. The zero-order valence-electron chi connectivity index (χ0n) is 32.4. The van der Waals surface area contributed by atoms with E-state index in [1.165, 1.54) is 30.6 Å². The van der Waals surface area contributed by atoms with Crippen LogP contribution in [0, 0.1) is 5.92 Å². The third kappa shape index (κ3) is 9.32. The predicted octanol–water partition coefficient (Wildman–Crippen LogP) is 7.98. The lowest BCUT2D eigenvalue weighted by Crippen LogP contribution is -2.44. The van der Waals surface area contributed by atoms with Crippen LogP contribution in [-0.4, -0.2) is 62.3 Å². The van der Waals surface area contributed by atoms with Gasteiger partial charge in [0.25, 0.3) is 11.8 Å². The molecule has 0 atom stereocenters. The van der Waals surface area contributed by atoms with Gasteiger partial charge in [-0.25, -0.2) is 13.2 Å². The van der Waals surface area contributed by atoms with Gasteiger partial charge in [-0.15, -0.1) is 11.3 Å². The smallest absolute Gasteiger partial charge is 0.337 e. The van der Waals surface area contributed by atoms with Crippen molar-refractivity contribution in [2.75, 3.05) is 24.4 Å². The molecule has 0 unspecified atom stereocenters. The van der Waals surface area contributed by atoms with E-state index < -0.39 is 15.9 Å². The molecule has 0 radical (unpaired) electrons. The third-order valence-electron chi connectivity index (χ3n) is 11.2. The molecular formula is C44H49N3O8S2. The maximum Gasteiger partial charge on any atom is 0.337 e. The number of esters is 2. The quantitative estimate of drug-likeness (QED) is 0.122. The van der Waals surface area contributed by atoms with Gasteiger partial charge in [0, 0.05) is 28.2 Å². The molecule has 2 fully saturated rings. The fourth-order valence-corrected chi connectivity index (χ4v) is 11.3. The number of ether oxygens (including phenoxy) is 2. The van der Waals surface area contributed by atoms with Crippen molar-refractivity contribution in [1.82, 2.24) is 4.31 Å². The molecule has 2 saturated carbocycles. The van der Waals surface area contributed by atoms with Gasteiger partial charge in [0.1, 0.15) is 5.00 Å². The molecule has 2 N–H and O–H groups in total. The Morgan fingerprint density at radius 1 is 0.772 bits per heavy atom. The highest BCUT2D eigenvalue weighted by Crippen LogP contribution is 2.41. The van der Waals surface area contributed by atoms with Crippen LogP contribution in [0.5, 0.6) is 0 Å². The molecule has 3 aliphatic carbocycles. The highest BCUT2D eigenvalue weighted by Gasteiger charge is 2.44. The normalized spacial score (nSPS) is 18.0. The van der Waals surface area contributed by atoms with Crippen molar-refractivity contribution in [3.63, 3.8) is 0 Å². The summed E-state index contributed by atoms with van der Waals surface area (Å²) in [5, 5.41) is 6.47. The molecule has 0 bridgehead atoms. The zero-order chi connectivity index (χ0) is 40.1. The first-order valence-electron chi connectivity index (χ1n) is 19.9. The molecule has 2 amide bonds. The lowest BCUT2D eigenvalue weighted by atomic mass is 9.86. The van der Waals surface area contributed by atoms with Crippen LogP contribution in [0.2, 0.25) is 0 Å². The van der Waals surface area contributed by atoms with Gasteiger partial charge >= 0.3 is 11.9 Å². The summed E-state index contributed by atoms with van der Waals surface area (Å²) in [6, 6.07) is 20.9. The Hall–Kier alpha value is -4.85. The highest BCUT2D eigenvalue weighted by atomic mass is 32.2. The summed E-state index contributed by atoms with van der Waals surface area (Å²) >= 11 is 1.41. The van der Waals surface area contributed by atoms with E-state index in [1.54, 1.807) is 35.5 Å². The molecule has 57 heavy (non-hydrogen) atoms. The van der Waals surface area contributed by atoms with E-state index in [0.717, 1.165) is 72.9 Å². The molecule has 1 heterocycles. The maximum atomic E-state index is 14.2. The number of hydrogen-bond donors (Lipinski definition) is 2. The van der Waals surface area contributed by atoms with Crippen molar-refractivity contribution in [3.05, 3.63) is 111 Å². The van der Waals surface area contributed by atoms with E-state index in [4.69, 9.17) is 9.47 Å². The van der Waals surface area contributed by atoms with E-state index in [1.807, 2.05) is 36.4 Å². The number of carbonyl (C=O) groups is 4. The van der Waals surface area contributed by atoms with Crippen LogP contribution in [0.4, 0.5) is 10.7 Å². The minimum absolute atomic E-state index is 0.0536. The second-order valence-corrected chi connectivity index (χ2v) is 18.0. The van der Waals surface area contributed by atoms with Gasteiger partial charge < -0.3 is 20.1 Å². The number of nitrogens with one attached hydrogen (secondary N) is 2. The molecule has 13 heteroatoms. The Morgan fingerprint density at radius 2 is 1.40 bits per heavy atom. The number of sulfonamides is 1. The summed E-state index contributed by atoms with van der Waals surface area (Å²) in [4.78, 5) is 53.0. The topological polar surface area (TPSA) is 148 Å². The van der Waals surface area contributed by atoms with E-state index in [-0.39, 0.29) is 46.3 Å². The van der Waals surface area contributed by atoms with E-state index in [2.05, 4.69) is 10.6 Å². The highest BCUT2D eigenvalue weighted by molar-refractivity contribution is 7.89. The van der Waals surface area contributed by atoms with Crippen LogP contribution < -0.4 is 10.6 Å². The van der Waals surface area contributed by atoms with Crippen LogP contribution >= 0.6 is 11.3 Å². The minimum Gasteiger partial charge on any atom is -0.466 e. The number of aryl methyl sites for hydroxylation is 3. The fourth-order valence-electron chi connectivity index (χ4n) is 8.00. The number of anilines is 2. The van der Waals surface area contributed by atoms with Crippen LogP contribution in [0.1, 0.15) is 111 Å². The van der Waals surface area contributed by atoms with Gasteiger partial charge in [-0.3, -0.25) is 14.4 Å². The average Bonchev–Trinajstić information content (AvgIpc) is 3.99. The molecular weight excluding hydrogens is 763 g/mol. The molecule has 3 aromatic carbocycles. The number of benzene rings is 3. The molecule has 4 aromatic rings. The van der Waals surface area contributed by atoms with Crippen molar-refractivity contribution >= 4 is 55.8 Å². The molecule has 3 aliphatic rings. The summed E-state index contributed by atoms with van der Waals surface area (Å²) in [5.41, 5.74) is 4.91. The maximum absolute atomic E-state index is 14.2. The van der Waals surface area contributed by atoms with Crippen molar-refractivity contribution in [2.24, 2.45) is 5.92 Å². The summed E-state index contributed by atoms with van der Waals surface area (Å²) < 4.78 is 40.0. The van der Waals surface area contributed by atoms with E-state index >= 15 is 0 Å². The summed E-state index contributed by atoms with van der Waals surface area (Å²) in [7, 11) is -2.58. The van der Waals surface area contributed by atoms with E-state index in [0.29, 0.717) is 54.1 Å². The van der Waals surface area contributed by atoms with Crippen molar-refractivity contribution < 1.29 is 37.1 Å². The second kappa shape index (κ2) is 17.7. The fraction of sp³-hybridized carbons (Fsp3) is 0.409. The Balaban J connectivity index is 1.03. The molecule has 11 nitrogen and oxygen atoms in total. The largest absolute Gasteiger partial charge is 0.466 e. The van der Waals surface area contributed by atoms with Crippen LogP contribution in [-0.2, 0) is 50.0 Å². The SMILES string of the molecule is CCOC(=O)C1CCC(N(C2CC2)S(=O)(=O)c2cccc(C(=O)Nc3sc4c(c3C(=O)Nc3ccc(CCc5ccc(C(=O)OC)cc5)cc3)CCCC4)c2)CC1. The van der Waals surface area contributed by atoms with Gasteiger partial charge in [0.15, 0.2) is 0 Å². The van der Waals surface area contributed by atoms with Crippen LogP contribution in [0.25, 0.3) is 0 Å². The number of carbonyl (C=O) groups excluding carboxylic acids is 4. The first-order chi connectivity index (χ1) is 27.5. The number of nitrogens with zero attached hydrogens (tertiary/aromatic N) is 1. The van der Waals surface area contributed by atoms with Crippen LogP contribution in [0.15, 0.2) is 77.7 Å². The Bertz CT molecular complexity index is 2220. The lowest BCUT2D eigenvalue weighted by molar-refractivity contribution is -0.149. The molecule has 300 valence electrons. The summed E-state index contributed by atoms with van der Waals surface area (Å²) in [6.07, 6.45) is 8.93. The Labute approximate surface area is 338 Å². The monoisotopic (exact) mass is 811 g/mol. The molecule has 0 saturated heterocycles. The van der Waals surface area contributed by atoms with Crippen molar-refractivity contribution in [3.8, 4) is 0 Å². The minimum atomic E-state index is -3.94. The first-order valence-corrected chi connectivity index (χ1v) is 22.1. The third-order valence-corrected chi connectivity index (χ3v) is 14.4. The average molecular weight is 812 g/mol. The Kier molecular flexibility index (Phi) is 12.6. The van der Waals surface area contributed by atoms with Gasteiger partial charge in [0.05, 0.1) is 35.7 Å². The first kappa shape index (κ1) is 40.4. The lowest BCUT2D eigenvalue weighted by Gasteiger charge is -2.35. The molecule has 1 aromatic heterocycles. The molecule has 7 rings (SSSR count). The number of rotatable bonds is 14. The number of hydrogen-bond acceptors (Lipinski definition) is 9. The number of amides is 2. The van der Waals surface area contributed by atoms with Gasteiger partial charge in [-0.2, -0.15) is 4.31 Å². The van der Waals surface area contributed by atoms with Crippen LogP contribution in [0.3, 0.4) is 0 Å². The molecule has 0 spiro atoms. The van der Waals surface area contributed by atoms with Gasteiger partial charge in [-0.05, 0) is 143 Å². The van der Waals surface area contributed by atoms with Gasteiger partial charge in [-0.1, -0.05) is 30.3 Å². The summed E-state index contributed by atoms with van der Waals surface area (Å²) in [6.45, 7) is 2.11. The van der Waals surface area contributed by atoms with Crippen molar-refractivity contribution in [1.29, 1.82) is 0 Å². The predicted molar refractivity (Wildman–Crippen MR) is 219 cm³/mol. The number of thiophene rings is 1. The standard InChI is InChI=1S/C44H49N3O8S2/c1-3-55-44(51)31-19-23-34(24-20-31)47(35-25-26-35)57(52,53)36-8-6-7-32(27-36)40(48)46-42-39(37-9-4-5-10-38(37)56-42)41(49)45-33-21-15-29(16-22-33)12-11-28-13-17-30(18-14-28)43(50)54-2/h6-8,13-18,21-22,27,31,34-35H,3-5,9-12,19-20,23-26H2,1-2H3,(H,45,49)(H,46,48). The Morgan fingerprint density at radius 3 is 2.04 bits per heavy atom. The van der Waals surface area contributed by atoms with Crippen molar-refractivity contribution in [2.45, 2.75) is 101 Å². The van der Waals surface area contributed by atoms with Gasteiger partial charge in [0.2, 0.25) is 10.0 Å². The molecule has 0 aliphatic heterocycles.